The van der Waals surface area contributed by atoms with Crippen molar-refractivity contribution in [2.45, 2.75) is 13.1 Å². The molecule has 0 aromatic heterocycles. The Kier molecular flexibility index (Phi) is 6.33. The fraction of sp³-hybridized carbons (Fsp3) is 0.143. The van der Waals surface area contributed by atoms with E-state index in [2.05, 4.69) is 25.8 Å². The van der Waals surface area contributed by atoms with Crippen LogP contribution in [0.4, 0.5) is 41.6 Å². The van der Waals surface area contributed by atoms with E-state index >= 15 is 0 Å². The van der Waals surface area contributed by atoms with Crippen molar-refractivity contribution >= 4 is 28.4 Å². The van der Waals surface area contributed by atoms with Gasteiger partial charge in [0.15, 0.2) is 0 Å². The standard InChI is InChI=1S/C21H18F3N5/c1-2-25-16-7-9-18(10-8-16)27-29-20-13-11-19(12-14-20)28-26-17-5-3-15(4-6-17)21(22,23)24/h3-14,25H,2H2,1H3. The lowest BCUT2D eigenvalue weighted by Gasteiger charge is -2.05. The summed E-state index contributed by atoms with van der Waals surface area (Å²) in [6, 6.07) is 19.0. The van der Waals surface area contributed by atoms with Gasteiger partial charge in [-0.25, -0.2) is 0 Å². The van der Waals surface area contributed by atoms with Gasteiger partial charge in [0.1, 0.15) is 0 Å². The largest absolute Gasteiger partial charge is 0.416 e. The summed E-state index contributed by atoms with van der Waals surface area (Å²) in [5.41, 5.74) is 2.57. The average molecular weight is 397 g/mol. The maximum atomic E-state index is 12.6. The summed E-state index contributed by atoms with van der Waals surface area (Å²) in [5.74, 6) is 0. The van der Waals surface area contributed by atoms with Gasteiger partial charge < -0.3 is 5.32 Å². The van der Waals surface area contributed by atoms with Crippen molar-refractivity contribution < 1.29 is 13.2 Å². The summed E-state index contributed by atoms with van der Waals surface area (Å²) in [4.78, 5) is 0. The van der Waals surface area contributed by atoms with Gasteiger partial charge in [-0.15, -0.1) is 0 Å². The molecule has 0 heterocycles. The quantitative estimate of drug-likeness (QED) is 0.421. The van der Waals surface area contributed by atoms with Crippen LogP contribution < -0.4 is 5.32 Å². The highest BCUT2D eigenvalue weighted by atomic mass is 19.4. The average Bonchev–Trinajstić information content (AvgIpc) is 2.72. The molecule has 29 heavy (non-hydrogen) atoms. The fourth-order valence-electron chi connectivity index (χ4n) is 2.38. The maximum absolute atomic E-state index is 12.6. The molecule has 3 aromatic rings. The number of rotatable bonds is 6. The van der Waals surface area contributed by atoms with Crippen molar-refractivity contribution in [3.8, 4) is 0 Å². The number of benzene rings is 3. The number of azo groups is 2. The Morgan fingerprint density at radius 2 is 0.966 bits per heavy atom. The predicted molar refractivity (Wildman–Crippen MR) is 107 cm³/mol. The molecular formula is C21H18F3N5. The summed E-state index contributed by atoms with van der Waals surface area (Å²) < 4.78 is 37.7. The number of halogens is 3. The predicted octanol–water partition coefficient (Wildman–Crippen LogP) is 7.97. The summed E-state index contributed by atoms with van der Waals surface area (Å²) in [6.45, 7) is 2.88. The molecule has 148 valence electrons. The number of hydrogen-bond donors (Lipinski definition) is 1. The van der Waals surface area contributed by atoms with Crippen LogP contribution in [0, 0.1) is 0 Å². The minimum Gasteiger partial charge on any atom is -0.385 e. The zero-order chi connectivity index (χ0) is 20.7. The van der Waals surface area contributed by atoms with Crippen LogP contribution in [0.15, 0.2) is 93.3 Å². The Balaban J connectivity index is 1.61. The van der Waals surface area contributed by atoms with Gasteiger partial charge in [-0.2, -0.15) is 33.6 Å². The molecule has 8 heteroatoms. The molecule has 0 saturated carbocycles. The molecule has 0 radical (unpaired) electrons. The number of alkyl halides is 3. The van der Waals surface area contributed by atoms with Crippen molar-refractivity contribution in [1.82, 2.24) is 0 Å². The molecule has 3 rings (SSSR count). The van der Waals surface area contributed by atoms with Crippen molar-refractivity contribution in [2.24, 2.45) is 20.5 Å². The molecule has 0 saturated heterocycles. The zero-order valence-electron chi connectivity index (χ0n) is 15.6. The second kappa shape index (κ2) is 9.09. The highest BCUT2D eigenvalue weighted by Crippen LogP contribution is 2.31. The van der Waals surface area contributed by atoms with Gasteiger partial charge in [0.05, 0.1) is 28.3 Å². The van der Waals surface area contributed by atoms with Gasteiger partial charge in [0.25, 0.3) is 0 Å². The van der Waals surface area contributed by atoms with Crippen LogP contribution in [-0.2, 0) is 6.18 Å². The third-order valence-electron chi connectivity index (χ3n) is 3.85. The van der Waals surface area contributed by atoms with Crippen LogP contribution in [0.2, 0.25) is 0 Å². The van der Waals surface area contributed by atoms with Crippen molar-refractivity contribution in [3.05, 3.63) is 78.4 Å². The van der Waals surface area contributed by atoms with Crippen LogP contribution in [0.25, 0.3) is 0 Å². The molecule has 0 atom stereocenters. The minimum atomic E-state index is -4.37. The molecule has 1 N–H and O–H groups in total. The number of nitrogens with one attached hydrogen (secondary N) is 1. The lowest BCUT2D eigenvalue weighted by molar-refractivity contribution is -0.137. The van der Waals surface area contributed by atoms with Gasteiger partial charge in [-0.05, 0) is 79.7 Å². The lowest BCUT2D eigenvalue weighted by atomic mass is 10.2. The van der Waals surface area contributed by atoms with Gasteiger partial charge >= 0.3 is 6.18 Å². The lowest BCUT2D eigenvalue weighted by Crippen LogP contribution is -2.03. The molecule has 5 nitrogen and oxygen atoms in total. The van der Waals surface area contributed by atoms with Gasteiger partial charge in [0, 0.05) is 12.2 Å². The molecule has 3 aromatic carbocycles. The minimum absolute atomic E-state index is 0.336. The normalized spacial score (nSPS) is 12.0. The molecule has 0 amide bonds. The Morgan fingerprint density at radius 3 is 1.31 bits per heavy atom. The molecule has 0 unspecified atom stereocenters. The first-order chi connectivity index (χ1) is 13.9. The Hall–Kier alpha value is -3.55. The Labute approximate surface area is 166 Å². The van der Waals surface area contributed by atoms with Crippen LogP contribution in [-0.4, -0.2) is 6.54 Å². The van der Waals surface area contributed by atoms with E-state index in [-0.39, 0.29) is 0 Å². The van der Waals surface area contributed by atoms with E-state index in [1.807, 2.05) is 31.2 Å². The van der Waals surface area contributed by atoms with E-state index < -0.39 is 11.7 Å². The zero-order valence-corrected chi connectivity index (χ0v) is 15.6. The van der Waals surface area contributed by atoms with E-state index in [4.69, 9.17) is 0 Å². The number of nitrogens with zero attached hydrogens (tertiary/aromatic N) is 4. The van der Waals surface area contributed by atoms with E-state index in [1.54, 1.807) is 24.3 Å². The summed E-state index contributed by atoms with van der Waals surface area (Å²) in [5, 5.41) is 19.5. The molecule has 0 aliphatic carbocycles. The van der Waals surface area contributed by atoms with Crippen molar-refractivity contribution in [3.63, 3.8) is 0 Å². The van der Waals surface area contributed by atoms with E-state index in [0.29, 0.717) is 17.1 Å². The molecular weight excluding hydrogens is 379 g/mol. The summed E-state index contributed by atoms with van der Waals surface area (Å²) in [7, 11) is 0. The highest BCUT2D eigenvalue weighted by Gasteiger charge is 2.29. The monoisotopic (exact) mass is 397 g/mol. The number of hydrogen-bond acceptors (Lipinski definition) is 5. The van der Waals surface area contributed by atoms with E-state index in [9.17, 15) is 13.2 Å². The van der Waals surface area contributed by atoms with Gasteiger partial charge in [-0.1, -0.05) is 0 Å². The topological polar surface area (TPSA) is 61.5 Å². The van der Waals surface area contributed by atoms with Crippen molar-refractivity contribution in [1.29, 1.82) is 0 Å². The molecule has 0 aliphatic heterocycles. The third-order valence-corrected chi connectivity index (χ3v) is 3.85. The van der Waals surface area contributed by atoms with Crippen molar-refractivity contribution in [2.75, 3.05) is 11.9 Å². The SMILES string of the molecule is CCNc1ccc(N=Nc2ccc(N=Nc3ccc(C(F)(F)F)cc3)cc2)cc1. The molecule has 0 bridgehead atoms. The number of anilines is 1. The second-order valence-electron chi connectivity index (χ2n) is 6.04. The second-order valence-corrected chi connectivity index (χ2v) is 6.04. The Bertz CT molecular complexity index is 977. The van der Waals surface area contributed by atoms with Crippen LogP contribution >= 0.6 is 0 Å². The molecule has 0 spiro atoms. The molecule has 0 fully saturated rings. The van der Waals surface area contributed by atoms with Crippen LogP contribution in [0.5, 0.6) is 0 Å². The van der Waals surface area contributed by atoms with Gasteiger partial charge in [0.2, 0.25) is 0 Å². The van der Waals surface area contributed by atoms with Crippen LogP contribution in [0.3, 0.4) is 0 Å². The first-order valence-electron chi connectivity index (χ1n) is 8.89. The maximum Gasteiger partial charge on any atom is 0.416 e. The van der Waals surface area contributed by atoms with E-state index in [0.717, 1.165) is 30.1 Å². The third kappa shape index (κ3) is 5.97. The van der Waals surface area contributed by atoms with Crippen LogP contribution in [0.1, 0.15) is 12.5 Å². The molecule has 0 aliphatic rings. The van der Waals surface area contributed by atoms with E-state index in [1.165, 1.54) is 12.1 Å². The highest BCUT2D eigenvalue weighted by molar-refractivity contribution is 5.51. The Morgan fingerprint density at radius 1 is 0.621 bits per heavy atom. The first kappa shape index (κ1) is 20.2. The van der Waals surface area contributed by atoms with Gasteiger partial charge in [-0.3, -0.25) is 0 Å². The smallest absolute Gasteiger partial charge is 0.385 e. The summed E-state index contributed by atoms with van der Waals surface area (Å²) >= 11 is 0. The first-order valence-corrected chi connectivity index (χ1v) is 8.89. The fourth-order valence-corrected chi connectivity index (χ4v) is 2.38. The summed E-state index contributed by atoms with van der Waals surface area (Å²) in [6.07, 6.45) is -4.37.